The third kappa shape index (κ3) is 3.32. The van der Waals surface area contributed by atoms with Gasteiger partial charge in [0.15, 0.2) is 0 Å². The molecule has 104 valence electrons. The monoisotopic (exact) mass is 262 g/mol. The van der Waals surface area contributed by atoms with Gasteiger partial charge in [-0.15, -0.1) is 0 Å². The van der Waals surface area contributed by atoms with Gasteiger partial charge in [0.25, 0.3) is 0 Å². The summed E-state index contributed by atoms with van der Waals surface area (Å²) in [5.74, 6) is -0.831. The van der Waals surface area contributed by atoms with E-state index in [0.29, 0.717) is 0 Å². The zero-order valence-corrected chi connectivity index (χ0v) is 11.4. The molecule has 0 amide bonds. The fourth-order valence-electron chi connectivity index (χ4n) is 2.79. The van der Waals surface area contributed by atoms with Crippen LogP contribution in [0, 0.1) is 0 Å². The molecule has 1 aromatic rings. The molecule has 1 unspecified atom stereocenters. The van der Waals surface area contributed by atoms with E-state index in [2.05, 4.69) is 10.3 Å². The van der Waals surface area contributed by atoms with Gasteiger partial charge in [-0.3, -0.25) is 10.3 Å². The topological polar surface area (TPSA) is 62.2 Å². The van der Waals surface area contributed by atoms with Crippen LogP contribution in [-0.2, 0) is 10.3 Å². The first-order valence-electron chi connectivity index (χ1n) is 7.04. The van der Waals surface area contributed by atoms with Crippen molar-refractivity contribution < 1.29 is 9.90 Å². The van der Waals surface area contributed by atoms with Gasteiger partial charge in [-0.05, 0) is 37.5 Å². The molecule has 0 spiro atoms. The summed E-state index contributed by atoms with van der Waals surface area (Å²) in [6, 6.07) is 3.84. The zero-order valence-electron chi connectivity index (χ0n) is 11.4. The Kier molecular flexibility index (Phi) is 4.53. The Morgan fingerprint density at radius 2 is 1.84 bits per heavy atom. The van der Waals surface area contributed by atoms with Crippen molar-refractivity contribution >= 4 is 5.97 Å². The van der Waals surface area contributed by atoms with Gasteiger partial charge in [-0.1, -0.05) is 25.7 Å². The van der Waals surface area contributed by atoms with Crippen molar-refractivity contribution in [1.82, 2.24) is 10.3 Å². The molecule has 0 saturated heterocycles. The number of hydrogen-bond acceptors (Lipinski definition) is 3. The van der Waals surface area contributed by atoms with E-state index in [-0.39, 0.29) is 6.04 Å². The Labute approximate surface area is 114 Å². The molecule has 2 rings (SSSR count). The predicted molar refractivity (Wildman–Crippen MR) is 73.9 cm³/mol. The number of hydrogen-bond donors (Lipinski definition) is 2. The summed E-state index contributed by atoms with van der Waals surface area (Å²) >= 11 is 0. The van der Waals surface area contributed by atoms with Crippen LogP contribution in [0.15, 0.2) is 24.5 Å². The fourth-order valence-corrected chi connectivity index (χ4v) is 2.79. The Bertz CT molecular complexity index is 413. The molecular weight excluding hydrogens is 240 g/mol. The predicted octanol–water partition coefficient (Wildman–Crippen LogP) is 2.69. The Hall–Kier alpha value is -1.42. The minimum atomic E-state index is -1.03. The summed E-state index contributed by atoms with van der Waals surface area (Å²) in [6.07, 6.45) is 10.3. The smallest absolute Gasteiger partial charge is 0.328 e. The van der Waals surface area contributed by atoms with E-state index in [9.17, 15) is 9.90 Å². The van der Waals surface area contributed by atoms with Crippen LogP contribution in [0.5, 0.6) is 0 Å². The third-order valence-electron chi connectivity index (χ3n) is 4.03. The summed E-state index contributed by atoms with van der Waals surface area (Å²) < 4.78 is 0. The molecule has 0 radical (unpaired) electrons. The molecule has 1 atom stereocenters. The summed E-state index contributed by atoms with van der Waals surface area (Å²) in [6.45, 7) is 1.75. The number of nitrogens with zero attached hydrogens (tertiary/aromatic N) is 1. The lowest BCUT2D eigenvalue weighted by molar-refractivity contribution is -0.145. The summed E-state index contributed by atoms with van der Waals surface area (Å²) in [4.78, 5) is 15.7. The van der Waals surface area contributed by atoms with Gasteiger partial charge in [0.1, 0.15) is 5.54 Å². The lowest BCUT2D eigenvalue weighted by Gasteiger charge is -2.31. The number of nitrogens with one attached hydrogen (secondary N) is 1. The Morgan fingerprint density at radius 1 is 1.26 bits per heavy atom. The molecule has 1 heterocycles. The van der Waals surface area contributed by atoms with Gasteiger partial charge < -0.3 is 5.11 Å². The van der Waals surface area contributed by atoms with Crippen molar-refractivity contribution in [2.75, 3.05) is 0 Å². The van der Waals surface area contributed by atoms with E-state index < -0.39 is 11.5 Å². The van der Waals surface area contributed by atoms with Gasteiger partial charge in [0.2, 0.25) is 0 Å². The normalized spacial score (nSPS) is 20.5. The molecule has 1 aliphatic carbocycles. The highest BCUT2D eigenvalue weighted by Gasteiger charge is 2.37. The molecule has 2 N–H and O–H groups in total. The highest BCUT2D eigenvalue weighted by atomic mass is 16.4. The minimum Gasteiger partial charge on any atom is -0.480 e. The summed E-state index contributed by atoms with van der Waals surface area (Å²) in [7, 11) is 0. The van der Waals surface area contributed by atoms with E-state index in [0.717, 1.165) is 18.4 Å². The highest BCUT2D eigenvalue weighted by Crippen LogP contribution is 2.25. The van der Waals surface area contributed by atoms with Crippen LogP contribution < -0.4 is 5.32 Å². The van der Waals surface area contributed by atoms with Crippen molar-refractivity contribution in [2.45, 2.75) is 57.0 Å². The lowest BCUT2D eigenvalue weighted by atomic mass is 9.91. The Morgan fingerprint density at radius 3 is 2.37 bits per heavy atom. The second-order valence-corrected chi connectivity index (χ2v) is 5.50. The van der Waals surface area contributed by atoms with E-state index in [1.807, 2.05) is 0 Å². The van der Waals surface area contributed by atoms with Crippen LogP contribution in [0.25, 0.3) is 0 Å². The van der Waals surface area contributed by atoms with E-state index in [1.165, 1.54) is 25.7 Å². The number of pyridine rings is 1. The maximum absolute atomic E-state index is 11.7. The molecule has 19 heavy (non-hydrogen) atoms. The molecule has 1 saturated carbocycles. The molecule has 0 aromatic carbocycles. The van der Waals surface area contributed by atoms with Crippen LogP contribution in [0.1, 0.15) is 51.0 Å². The molecule has 4 nitrogen and oxygen atoms in total. The van der Waals surface area contributed by atoms with Gasteiger partial charge in [-0.2, -0.15) is 0 Å². The SMILES string of the molecule is CC(NC1CCCCCC1)(C(=O)O)c1ccncc1. The van der Waals surface area contributed by atoms with Gasteiger partial charge in [0.05, 0.1) is 0 Å². The quantitative estimate of drug-likeness (QED) is 0.819. The van der Waals surface area contributed by atoms with Gasteiger partial charge in [0, 0.05) is 18.4 Å². The maximum atomic E-state index is 11.7. The zero-order chi connectivity index (χ0) is 13.7. The number of carboxylic acids is 1. The summed E-state index contributed by atoms with van der Waals surface area (Å²) in [5, 5.41) is 13.0. The number of aliphatic carboxylic acids is 1. The second kappa shape index (κ2) is 6.15. The molecule has 1 aliphatic rings. The largest absolute Gasteiger partial charge is 0.480 e. The molecule has 1 aromatic heterocycles. The maximum Gasteiger partial charge on any atom is 0.328 e. The van der Waals surface area contributed by atoms with Crippen molar-refractivity contribution in [3.05, 3.63) is 30.1 Å². The number of carboxylic acid groups (broad SMARTS) is 1. The third-order valence-corrected chi connectivity index (χ3v) is 4.03. The van der Waals surface area contributed by atoms with Gasteiger partial charge >= 0.3 is 5.97 Å². The van der Waals surface area contributed by atoms with Crippen LogP contribution in [0.3, 0.4) is 0 Å². The van der Waals surface area contributed by atoms with E-state index >= 15 is 0 Å². The first-order chi connectivity index (χ1) is 9.13. The number of rotatable bonds is 4. The number of carbonyl (C=O) groups is 1. The standard InChI is InChI=1S/C15H22N2O2/c1-15(14(18)19,12-8-10-16-11-9-12)17-13-6-4-2-3-5-7-13/h8-11,13,17H,2-7H2,1H3,(H,18,19). The Balaban J connectivity index is 2.17. The van der Waals surface area contributed by atoms with Crippen LogP contribution in [0.4, 0.5) is 0 Å². The molecule has 0 bridgehead atoms. The van der Waals surface area contributed by atoms with Crippen molar-refractivity contribution in [1.29, 1.82) is 0 Å². The second-order valence-electron chi connectivity index (χ2n) is 5.50. The lowest BCUT2D eigenvalue weighted by Crippen LogP contribution is -2.51. The molecule has 1 fully saturated rings. The van der Waals surface area contributed by atoms with Crippen LogP contribution in [-0.4, -0.2) is 22.1 Å². The van der Waals surface area contributed by atoms with Crippen LogP contribution >= 0.6 is 0 Å². The molecule has 4 heteroatoms. The van der Waals surface area contributed by atoms with Gasteiger partial charge in [-0.25, -0.2) is 4.79 Å². The van der Waals surface area contributed by atoms with E-state index in [4.69, 9.17) is 0 Å². The first kappa shape index (κ1) is 14.0. The fraction of sp³-hybridized carbons (Fsp3) is 0.600. The van der Waals surface area contributed by atoms with E-state index in [1.54, 1.807) is 31.5 Å². The molecule has 0 aliphatic heterocycles. The first-order valence-corrected chi connectivity index (χ1v) is 7.04. The summed E-state index contributed by atoms with van der Waals surface area (Å²) in [5.41, 5.74) is -0.267. The molecular formula is C15H22N2O2. The average Bonchev–Trinajstić information content (AvgIpc) is 2.68. The van der Waals surface area contributed by atoms with Crippen molar-refractivity contribution in [3.63, 3.8) is 0 Å². The van der Waals surface area contributed by atoms with Crippen molar-refractivity contribution in [3.8, 4) is 0 Å². The van der Waals surface area contributed by atoms with Crippen molar-refractivity contribution in [2.24, 2.45) is 0 Å². The average molecular weight is 262 g/mol. The highest BCUT2D eigenvalue weighted by molar-refractivity contribution is 5.80. The minimum absolute atomic E-state index is 0.289. The number of aromatic nitrogens is 1. The van der Waals surface area contributed by atoms with Crippen LogP contribution in [0.2, 0.25) is 0 Å².